The summed E-state index contributed by atoms with van der Waals surface area (Å²) in [7, 11) is 0. The van der Waals surface area contributed by atoms with Gasteiger partial charge in [-0.15, -0.1) is 0 Å². The van der Waals surface area contributed by atoms with Crippen LogP contribution in [-0.2, 0) is 19.1 Å². The van der Waals surface area contributed by atoms with Crippen LogP contribution in [0, 0.1) is 5.41 Å². The number of allylic oxidation sites excluding steroid dienone is 2. The van der Waals surface area contributed by atoms with E-state index in [1.807, 2.05) is 0 Å². The maximum atomic E-state index is 13.3. The number of para-hydroxylation sites is 1. The van der Waals surface area contributed by atoms with E-state index in [1.165, 1.54) is 30.3 Å². The van der Waals surface area contributed by atoms with E-state index < -0.39 is 0 Å². The topological polar surface area (TPSA) is 59.1 Å². The molecule has 4 aliphatic heterocycles. The molecule has 0 amide bonds. The summed E-state index contributed by atoms with van der Waals surface area (Å²) in [6, 6.07) is 8.21. The van der Waals surface area contributed by atoms with E-state index in [9.17, 15) is 9.59 Å². The van der Waals surface area contributed by atoms with Crippen LogP contribution in [0.4, 0.5) is 5.69 Å². The van der Waals surface area contributed by atoms with Gasteiger partial charge in [0.25, 0.3) is 0 Å². The molecule has 1 saturated heterocycles. The Morgan fingerprint density at radius 1 is 1.17 bits per heavy atom. The quantitative estimate of drug-likeness (QED) is 0.546. The number of hydrogen-bond donors (Lipinski definition) is 0. The van der Waals surface area contributed by atoms with Crippen molar-refractivity contribution in [2.45, 2.75) is 57.9 Å². The standard InChI is InChI=1S/C24H30N2O4/c1-3-24-10-6-11-25-12-9-18-17-7-4-5-8-19(17)26(21(18)22(24)25)20(15-24)23(28)30-14-13-29-16(2)27/h4-5,7-8,18,20H,3,6,9-15H2,1-2H3/t18?,20?,24-/m1/s1. The third kappa shape index (κ3) is 2.83. The molecule has 6 nitrogen and oxygen atoms in total. The highest BCUT2D eigenvalue weighted by Crippen LogP contribution is 2.60. The van der Waals surface area contributed by atoms with Crippen molar-refractivity contribution < 1.29 is 19.1 Å². The molecule has 30 heavy (non-hydrogen) atoms. The first-order valence-electron chi connectivity index (χ1n) is 11.2. The van der Waals surface area contributed by atoms with E-state index in [4.69, 9.17) is 9.47 Å². The van der Waals surface area contributed by atoms with Gasteiger partial charge in [0.2, 0.25) is 0 Å². The summed E-state index contributed by atoms with van der Waals surface area (Å²) in [6.07, 6.45) is 5.23. The highest BCUT2D eigenvalue weighted by atomic mass is 16.6. The molecular formula is C24H30N2O4. The average Bonchev–Trinajstić information content (AvgIpc) is 3.10. The summed E-state index contributed by atoms with van der Waals surface area (Å²) in [5, 5.41) is 0. The molecule has 1 aromatic rings. The van der Waals surface area contributed by atoms with Crippen LogP contribution in [0.1, 0.15) is 57.4 Å². The van der Waals surface area contributed by atoms with Gasteiger partial charge < -0.3 is 19.3 Å². The average molecular weight is 411 g/mol. The Hall–Kier alpha value is -2.50. The zero-order valence-electron chi connectivity index (χ0n) is 17.9. The van der Waals surface area contributed by atoms with Gasteiger partial charge in [-0.25, -0.2) is 4.79 Å². The Balaban J connectivity index is 1.54. The molecule has 0 bridgehead atoms. The van der Waals surface area contributed by atoms with E-state index in [0.717, 1.165) is 44.5 Å². The first-order chi connectivity index (χ1) is 14.6. The molecular weight excluding hydrogens is 380 g/mol. The van der Waals surface area contributed by atoms with Gasteiger partial charge in [-0.05, 0) is 43.7 Å². The second kappa shape index (κ2) is 7.33. The first-order valence-corrected chi connectivity index (χ1v) is 11.2. The summed E-state index contributed by atoms with van der Waals surface area (Å²) < 4.78 is 10.6. The van der Waals surface area contributed by atoms with E-state index in [-0.39, 0.29) is 36.6 Å². The van der Waals surface area contributed by atoms with Crippen molar-refractivity contribution in [3.8, 4) is 0 Å². The molecule has 0 radical (unpaired) electrons. The Morgan fingerprint density at radius 3 is 2.77 bits per heavy atom. The van der Waals surface area contributed by atoms with Gasteiger partial charge in [-0.2, -0.15) is 0 Å². The lowest BCUT2D eigenvalue weighted by molar-refractivity contribution is -0.152. The Morgan fingerprint density at radius 2 is 1.97 bits per heavy atom. The van der Waals surface area contributed by atoms with Gasteiger partial charge >= 0.3 is 11.9 Å². The first kappa shape index (κ1) is 19.5. The van der Waals surface area contributed by atoms with Gasteiger partial charge in [-0.1, -0.05) is 25.1 Å². The van der Waals surface area contributed by atoms with Crippen molar-refractivity contribution in [1.82, 2.24) is 4.90 Å². The van der Waals surface area contributed by atoms with Crippen molar-refractivity contribution >= 4 is 17.6 Å². The lowest BCUT2D eigenvalue weighted by atomic mass is 9.65. The Labute approximate surface area is 177 Å². The molecule has 6 heteroatoms. The zero-order valence-corrected chi connectivity index (χ0v) is 17.9. The van der Waals surface area contributed by atoms with Crippen molar-refractivity contribution in [2.24, 2.45) is 5.41 Å². The number of carbonyl (C=O) groups excluding carboxylic acids is 2. The monoisotopic (exact) mass is 410 g/mol. The summed E-state index contributed by atoms with van der Waals surface area (Å²) in [6.45, 7) is 6.06. The predicted octanol–water partition coefficient (Wildman–Crippen LogP) is 3.58. The second-order valence-corrected chi connectivity index (χ2v) is 8.96. The Bertz CT molecular complexity index is 910. The smallest absolute Gasteiger partial charge is 0.329 e. The molecule has 5 rings (SSSR count). The minimum Gasteiger partial charge on any atom is -0.462 e. The maximum Gasteiger partial charge on any atom is 0.329 e. The van der Waals surface area contributed by atoms with E-state index in [1.54, 1.807) is 0 Å². The van der Waals surface area contributed by atoms with Gasteiger partial charge in [0, 0.05) is 48.4 Å². The van der Waals surface area contributed by atoms with E-state index in [0.29, 0.717) is 5.92 Å². The zero-order chi connectivity index (χ0) is 20.9. The molecule has 0 aliphatic carbocycles. The number of nitrogens with zero attached hydrogens (tertiary/aromatic N) is 2. The highest BCUT2D eigenvalue weighted by Gasteiger charge is 2.56. The van der Waals surface area contributed by atoms with Crippen LogP contribution in [-0.4, -0.2) is 49.2 Å². The summed E-state index contributed by atoms with van der Waals surface area (Å²) >= 11 is 0. The number of fused-ring (bicyclic) bond motifs is 3. The second-order valence-electron chi connectivity index (χ2n) is 8.96. The molecule has 4 heterocycles. The number of piperidine rings is 1. The maximum absolute atomic E-state index is 13.3. The van der Waals surface area contributed by atoms with Gasteiger partial charge in [0.1, 0.15) is 19.3 Å². The fraction of sp³-hybridized carbons (Fsp3) is 0.583. The summed E-state index contributed by atoms with van der Waals surface area (Å²) in [4.78, 5) is 29.2. The molecule has 0 aromatic heterocycles. The molecule has 4 aliphatic rings. The lowest BCUT2D eigenvalue weighted by Crippen LogP contribution is -2.56. The number of benzene rings is 1. The normalized spacial score (nSPS) is 28.7. The van der Waals surface area contributed by atoms with Crippen molar-refractivity contribution in [3.05, 3.63) is 41.2 Å². The third-order valence-electron chi connectivity index (χ3n) is 7.47. The fourth-order valence-electron chi connectivity index (χ4n) is 6.23. The van der Waals surface area contributed by atoms with E-state index in [2.05, 4.69) is 41.0 Å². The summed E-state index contributed by atoms with van der Waals surface area (Å²) in [5.41, 5.74) is 5.38. The van der Waals surface area contributed by atoms with Crippen molar-refractivity contribution in [3.63, 3.8) is 0 Å². The number of anilines is 1. The van der Waals surface area contributed by atoms with Crippen molar-refractivity contribution in [2.75, 3.05) is 31.2 Å². The van der Waals surface area contributed by atoms with Gasteiger partial charge in [-0.3, -0.25) is 4.79 Å². The number of hydrogen-bond acceptors (Lipinski definition) is 6. The molecule has 0 N–H and O–H groups in total. The summed E-state index contributed by atoms with van der Waals surface area (Å²) in [5.74, 6) is -0.197. The molecule has 0 saturated carbocycles. The van der Waals surface area contributed by atoms with E-state index >= 15 is 0 Å². The number of carbonyl (C=O) groups is 2. The number of ether oxygens (including phenoxy) is 2. The molecule has 0 spiro atoms. The van der Waals surface area contributed by atoms with Crippen LogP contribution in [0.3, 0.4) is 0 Å². The molecule has 160 valence electrons. The van der Waals surface area contributed by atoms with Gasteiger partial charge in [0.05, 0.1) is 0 Å². The molecule has 2 unspecified atom stereocenters. The largest absolute Gasteiger partial charge is 0.462 e. The lowest BCUT2D eigenvalue weighted by Gasteiger charge is -2.55. The number of rotatable bonds is 5. The van der Waals surface area contributed by atoms with Crippen LogP contribution >= 0.6 is 0 Å². The minimum atomic E-state index is -0.357. The molecule has 1 aromatic carbocycles. The molecule has 1 fully saturated rings. The highest BCUT2D eigenvalue weighted by molar-refractivity contribution is 5.86. The van der Waals surface area contributed by atoms with Crippen LogP contribution in [0.25, 0.3) is 0 Å². The van der Waals surface area contributed by atoms with Crippen LogP contribution in [0.15, 0.2) is 35.7 Å². The Kier molecular flexibility index (Phi) is 4.75. The SMILES string of the molecule is CC[C@]12CCCN3CCC4C(=C31)N(c1ccccc14)C(C(=O)OCCOC(C)=O)C2. The predicted molar refractivity (Wildman–Crippen MR) is 113 cm³/mol. The third-order valence-corrected chi connectivity index (χ3v) is 7.47. The number of esters is 2. The van der Waals surface area contributed by atoms with Crippen LogP contribution < -0.4 is 4.90 Å². The fourth-order valence-corrected chi connectivity index (χ4v) is 6.23. The van der Waals surface area contributed by atoms with Gasteiger partial charge in [0.15, 0.2) is 0 Å². The molecule has 3 atom stereocenters. The van der Waals surface area contributed by atoms with Crippen LogP contribution in [0.5, 0.6) is 0 Å². The van der Waals surface area contributed by atoms with Crippen LogP contribution in [0.2, 0.25) is 0 Å². The minimum absolute atomic E-state index is 0.0460. The van der Waals surface area contributed by atoms with Crippen molar-refractivity contribution in [1.29, 1.82) is 0 Å².